The van der Waals surface area contributed by atoms with E-state index in [9.17, 15) is 4.79 Å². The highest BCUT2D eigenvalue weighted by Gasteiger charge is 2.21. The first kappa shape index (κ1) is 15.6. The lowest BCUT2D eigenvalue weighted by Gasteiger charge is -2.26. The highest BCUT2D eigenvalue weighted by atomic mass is 16.2. The fourth-order valence-corrected chi connectivity index (χ4v) is 2.16. The van der Waals surface area contributed by atoms with Gasteiger partial charge in [-0.15, -0.1) is 0 Å². The molecule has 0 aliphatic heterocycles. The number of rotatable bonds is 8. The van der Waals surface area contributed by atoms with Crippen LogP contribution in [0.3, 0.4) is 0 Å². The number of hydrogen-bond acceptors (Lipinski definition) is 3. The van der Waals surface area contributed by atoms with E-state index in [0.717, 1.165) is 31.4 Å². The van der Waals surface area contributed by atoms with Gasteiger partial charge in [0.15, 0.2) is 0 Å². The Morgan fingerprint density at radius 1 is 1.42 bits per heavy atom. The smallest absolute Gasteiger partial charge is 0.225 e. The second kappa shape index (κ2) is 8.64. The number of pyridine rings is 1. The summed E-state index contributed by atoms with van der Waals surface area (Å²) in [7, 11) is 0. The van der Waals surface area contributed by atoms with Crippen LogP contribution in [0.1, 0.15) is 38.7 Å². The minimum Gasteiger partial charge on any atom is -0.338 e. The third kappa shape index (κ3) is 4.99. The van der Waals surface area contributed by atoms with Crippen molar-refractivity contribution in [3.63, 3.8) is 0 Å². The molecule has 1 aromatic rings. The van der Waals surface area contributed by atoms with Crippen molar-refractivity contribution in [2.45, 2.75) is 39.7 Å². The molecule has 0 radical (unpaired) electrons. The van der Waals surface area contributed by atoms with Gasteiger partial charge in [0.25, 0.3) is 0 Å². The maximum atomic E-state index is 12.5. The fraction of sp³-hybridized carbons (Fsp3) is 0.600. The highest BCUT2D eigenvalue weighted by molar-refractivity contribution is 5.78. The van der Waals surface area contributed by atoms with Crippen LogP contribution in [-0.2, 0) is 11.3 Å². The van der Waals surface area contributed by atoms with E-state index in [1.54, 1.807) is 6.20 Å². The molecule has 1 amide bonds. The van der Waals surface area contributed by atoms with E-state index in [1.165, 1.54) is 0 Å². The first-order chi connectivity index (χ1) is 9.22. The lowest BCUT2D eigenvalue weighted by molar-refractivity contribution is -0.136. The quantitative estimate of drug-likeness (QED) is 0.782. The minimum atomic E-state index is 0.120. The van der Waals surface area contributed by atoms with Gasteiger partial charge in [-0.3, -0.25) is 9.78 Å². The summed E-state index contributed by atoms with van der Waals surface area (Å²) in [4.78, 5) is 18.5. The molecule has 1 rings (SSSR count). The molecule has 0 bridgehead atoms. The molecule has 0 aliphatic rings. The molecule has 4 nitrogen and oxygen atoms in total. The first-order valence-electron chi connectivity index (χ1n) is 7.10. The molecule has 0 unspecified atom stereocenters. The summed E-state index contributed by atoms with van der Waals surface area (Å²) >= 11 is 0. The molecule has 1 aromatic heterocycles. The number of amides is 1. The van der Waals surface area contributed by atoms with Crippen molar-refractivity contribution in [1.29, 1.82) is 0 Å². The zero-order valence-electron chi connectivity index (χ0n) is 12.0. The molecule has 1 heterocycles. The Hall–Kier alpha value is -1.42. The van der Waals surface area contributed by atoms with Crippen LogP contribution in [-0.4, -0.2) is 28.9 Å². The normalized spacial score (nSPS) is 10.7. The van der Waals surface area contributed by atoms with Crippen molar-refractivity contribution in [3.8, 4) is 0 Å². The van der Waals surface area contributed by atoms with Crippen LogP contribution in [0, 0.1) is 5.92 Å². The number of hydrogen-bond donors (Lipinski definition) is 1. The molecule has 0 saturated heterocycles. The van der Waals surface area contributed by atoms with Crippen molar-refractivity contribution >= 4 is 5.91 Å². The second-order valence-electron chi connectivity index (χ2n) is 4.78. The summed E-state index contributed by atoms with van der Waals surface area (Å²) < 4.78 is 0. The molecule has 0 aromatic carbocycles. The topological polar surface area (TPSA) is 59.2 Å². The van der Waals surface area contributed by atoms with E-state index in [-0.39, 0.29) is 11.8 Å². The molecule has 0 saturated carbocycles. The van der Waals surface area contributed by atoms with E-state index >= 15 is 0 Å². The van der Waals surface area contributed by atoms with Gasteiger partial charge >= 0.3 is 0 Å². The Morgan fingerprint density at radius 2 is 2.16 bits per heavy atom. The average molecular weight is 263 g/mol. The molecule has 0 aliphatic carbocycles. The van der Waals surface area contributed by atoms with E-state index in [0.29, 0.717) is 13.1 Å². The van der Waals surface area contributed by atoms with Gasteiger partial charge in [0.2, 0.25) is 5.91 Å². The Morgan fingerprint density at radius 3 is 2.68 bits per heavy atom. The van der Waals surface area contributed by atoms with Crippen molar-refractivity contribution in [1.82, 2.24) is 9.88 Å². The number of carbonyl (C=O) groups is 1. The van der Waals surface area contributed by atoms with Crippen LogP contribution in [0.2, 0.25) is 0 Å². The van der Waals surface area contributed by atoms with Crippen LogP contribution in [0.25, 0.3) is 0 Å². The summed E-state index contributed by atoms with van der Waals surface area (Å²) in [5.41, 5.74) is 6.63. The van der Waals surface area contributed by atoms with Gasteiger partial charge in [0, 0.05) is 31.4 Å². The molecule has 19 heavy (non-hydrogen) atoms. The van der Waals surface area contributed by atoms with Crippen molar-refractivity contribution in [2.24, 2.45) is 11.7 Å². The maximum absolute atomic E-state index is 12.5. The van der Waals surface area contributed by atoms with Crippen molar-refractivity contribution in [2.75, 3.05) is 13.1 Å². The molecule has 0 atom stereocenters. The van der Waals surface area contributed by atoms with Crippen LogP contribution in [0.4, 0.5) is 0 Å². The van der Waals surface area contributed by atoms with E-state index in [4.69, 9.17) is 5.73 Å². The molecule has 0 spiro atoms. The summed E-state index contributed by atoms with van der Waals surface area (Å²) in [6.07, 6.45) is 6.18. The number of aromatic nitrogens is 1. The van der Waals surface area contributed by atoms with Gasteiger partial charge in [-0.05, 0) is 37.4 Å². The largest absolute Gasteiger partial charge is 0.338 e. The molecular formula is C15H25N3O. The van der Waals surface area contributed by atoms with Gasteiger partial charge < -0.3 is 10.6 Å². The third-order valence-electron chi connectivity index (χ3n) is 3.37. The minimum absolute atomic E-state index is 0.120. The molecule has 4 heteroatoms. The molecule has 106 valence electrons. The Labute approximate surface area is 116 Å². The number of carbonyl (C=O) groups excluding carboxylic acids is 1. The number of nitrogens with two attached hydrogens (primary N) is 1. The van der Waals surface area contributed by atoms with Gasteiger partial charge in [0.05, 0.1) is 0 Å². The average Bonchev–Trinajstić information content (AvgIpc) is 2.45. The van der Waals surface area contributed by atoms with Gasteiger partial charge in [-0.2, -0.15) is 0 Å². The van der Waals surface area contributed by atoms with Crippen LogP contribution >= 0.6 is 0 Å². The Bertz CT molecular complexity index is 363. The zero-order valence-corrected chi connectivity index (χ0v) is 12.0. The SMILES string of the molecule is CCC(CC)C(=O)N(CCCN)Cc1cccnc1. The highest BCUT2D eigenvalue weighted by Crippen LogP contribution is 2.14. The zero-order chi connectivity index (χ0) is 14.1. The first-order valence-corrected chi connectivity index (χ1v) is 7.10. The molecule has 2 N–H and O–H groups in total. The summed E-state index contributed by atoms with van der Waals surface area (Å²) in [5, 5.41) is 0. The van der Waals surface area contributed by atoms with E-state index in [1.807, 2.05) is 23.2 Å². The standard InChI is InChI=1S/C15H25N3O/c1-3-14(4-2)15(19)18(10-6-8-16)12-13-7-5-9-17-11-13/h5,7,9,11,14H,3-4,6,8,10,12,16H2,1-2H3. The summed E-state index contributed by atoms with van der Waals surface area (Å²) in [6, 6.07) is 3.90. The lowest BCUT2D eigenvalue weighted by Crippen LogP contribution is -2.36. The van der Waals surface area contributed by atoms with E-state index in [2.05, 4.69) is 18.8 Å². The monoisotopic (exact) mass is 263 g/mol. The summed E-state index contributed by atoms with van der Waals surface area (Å²) in [6.45, 7) is 6.10. The van der Waals surface area contributed by atoms with Gasteiger partial charge in [-0.1, -0.05) is 19.9 Å². The Kier molecular flexibility index (Phi) is 7.11. The second-order valence-corrected chi connectivity index (χ2v) is 4.78. The van der Waals surface area contributed by atoms with Crippen molar-refractivity contribution < 1.29 is 4.79 Å². The third-order valence-corrected chi connectivity index (χ3v) is 3.37. The van der Waals surface area contributed by atoms with Crippen molar-refractivity contribution in [3.05, 3.63) is 30.1 Å². The molecule has 0 fully saturated rings. The predicted octanol–water partition coefficient (Wildman–Crippen LogP) is 2.20. The Balaban J connectivity index is 2.73. The fourth-order valence-electron chi connectivity index (χ4n) is 2.16. The number of nitrogens with zero attached hydrogens (tertiary/aromatic N) is 2. The predicted molar refractivity (Wildman–Crippen MR) is 77.4 cm³/mol. The van der Waals surface area contributed by atoms with Crippen LogP contribution < -0.4 is 5.73 Å². The van der Waals surface area contributed by atoms with Gasteiger partial charge in [-0.25, -0.2) is 0 Å². The lowest BCUT2D eigenvalue weighted by atomic mass is 10.0. The molecular weight excluding hydrogens is 238 g/mol. The van der Waals surface area contributed by atoms with Crippen LogP contribution in [0.5, 0.6) is 0 Å². The van der Waals surface area contributed by atoms with E-state index < -0.39 is 0 Å². The van der Waals surface area contributed by atoms with Gasteiger partial charge in [0.1, 0.15) is 0 Å². The van der Waals surface area contributed by atoms with Crippen LogP contribution in [0.15, 0.2) is 24.5 Å². The summed E-state index contributed by atoms with van der Waals surface area (Å²) in [5.74, 6) is 0.358. The maximum Gasteiger partial charge on any atom is 0.225 e.